The van der Waals surface area contributed by atoms with Gasteiger partial charge < -0.3 is 10.2 Å². The summed E-state index contributed by atoms with van der Waals surface area (Å²) in [7, 11) is 0. The van der Waals surface area contributed by atoms with Crippen molar-refractivity contribution in [2.24, 2.45) is 0 Å². The van der Waals surface area contributed by atoms with Gasteiger partial charge in [0.1, 0.15) is 0 Å². The molecule has 4 nitrogen and oxygen atoms in total. The average molecular weight is 264 g/mol. The van der Waals surface area contributed by atoms with Crippen LogP contribution in [-0.4, -0.2) is 61.0 Å². The molecule has 0 aromatic heterocycles. The smallest absolute Gasteiger partial charge is 0.239 e. The van der Waals surface area contributed by atoms with E-state index in [4.69, 9.17) is 0 Å². The minimum Gasteiger partial charge on any atom is -0.342 e. The topological polar surface area (TPSA) is 35.6 Å². The Bertz CT molecular complexity index is 214. The lowest BCUT2D eigenvalue weighted by Gasteiger charge is -2.30. The predicted octanol–water partition coefficient (Wildman–Crippen LogP) is 0.960. The zero-order chi connectivity index (χ0) is 12.0. The van der Waals surface area contributed by atoms with Crippen LogP contribution < -0.4 is 5.32 Å². The Balaban J connectivity index is 0.00000256. The molecule has 1 aliphatic heterocycles. The Morgan fingerprint density at radius 3 is 2.53 bits per heavy atom. The second kappa shape index (κ2) is 8.72. The van der Waals surface area contributed by atoms with Gasteiger partial charge in [0.2, 0.25) is 5.91 Å². The number of carbonyl (C=O) groups excluding carboxylic acids is 1. The molecular weight excluding hydrogens is 238 g/mol. The SMILES string of the molecule is CCN(CC)C(=O)C(C)N1CCCNCC1.Cl. The van der Waals surface area contributed by atoms with Gasteiger partial charge in [0.05, 0.1) is 6.04 Å². The van der Waals surface area contributed by atoms with E-state index in [1.54, 1.807) is 0 Å². The van der Waals surface area contributed by atoms with E-state index in [-0.39, 0.29) is 24.4 Å². The molecule has 1 rings (SSSR count). The maximum atomic E-state index is 12.2. The van der Waals surface area contributed by atoms with Gasteiger partial charge in [-0.25, -0.2) is 0 Å². The van der Waals surface area contributed by atoms with E-state index in [9.17, 15) is 4.79 Å². The van der Waals surface area contributed by atoms with Gasteiger partial charge >= 0.3 is 0 Å². The van der Waals surface area contributed by atoms with Crippen LogP contribution in [0.5, 0.6) is 0 Å². The van der Waals surface area contributed by atoms with Crippen LogP contribution in [0.4, 0.5) is 0 Å². The Hall–Kier alpha value is -0.320. The van der Waals surface area contributed by atoms with Gasteiger partial charge in [-0.2, -0.15) is 0 Å². The highest BCUT2D eigenvalue weighted by Crippen LogP contribution is 2.06. The first kappa shape index (κ1) is 16.7. The van der Waals surface area contributed by atoms with Crippen LogP contribution in [-0.2, 0) is 4.79 Å². The lowest BCUT2D eigenvalue weighted by Crippen LogP contribution is -2.48. The third kappa shape index (κ3) is 4.82. The second-order valence-corrected chi connectivity index (χ2v) is 4.33. The minimum atomic E-state index is 0. The van der Waals surface area contributed by atoms with Crippen LogP contribution in [0.2, 0.25) is 0 Å². The van der Waals surface area contributed by atoms with Crippen molar-refractivity contribution in [3.05, 3.63) is 0 Å². The number of carbonyl (C=O) groups is 1. The van der Waals surface area contributed by atoms with E-state index >= 15 is 0 Å². The van der Waals surface area contributed by atoms with E-state index in [0.717, 1.165) is 45.7 Å². The van der Waals surface area contributed by atoms with E-state index in [1.807, 2.05) is 25.7 Å². The number of nitrogens with zero attached hydrogens (tertiary/aromatic N) is 2. The molecule has 1 N–H and O–H groups in total. The van der Waals surface area contributed by atoms with Crippen molar-refractivity contribution < 1.29 is 4.79 Å². The Morgan fingerprint density at radius 2 is 1.94 bits per heavy atom. The van der Waals surface area contributed by atoms with Crippen molar-refractivity contribution in [3.63, 3.8) is 0 Å². The summed E-state index contributed by atoms with van der Waals surface area (Å²) in [5, 5.41) is 3.36. The molecule has 0 aliphatic carbocycles. The number of hydrogen-bond donors (Lipinski definition) is 1. The van der Waals surface area contributed by atoms with E-state index in [1.165, 1.54) is 0 Å². The zero-order valence-electron chi connectivity index (χ0n) is 11.2. The summed E-state index contributed by atoms with van der Waals surface area (Å²) < 4.78 is 0. The standard InChI is InChI=1S/C12H25N3O.ClH/c1-4-14(5-2)12(16)11(3)15-9-6-7-13-8-10-15;/h11,13H,4-10H2,1-3H3;1H. The quantitative estimate of drug-likeness (QED) is 0.821. The molecule has 0 bridgehead atoms. The molecule has 1 aliphatic rings. The summed E-state index contributed by atoms with van der Waals surface area (Å²) in [6.45, 7) is 11.8. The molecule has 0 saturated carbocycles. The highest BCUT2D eigenvalue weighted by molar-refractivity contribution is 5.85. The first-order valence-corrected chi connectivity index (χ1v) is 6.44. The molecular formula is C12H26ClN3O. The minimum absolute atomic E-state index is 0. The molecule has 0 aromatic carbocycles. The molecule has 0 radical (unpaired) electrons. The molecule has 1 saturated heterocycles. The maximum Gasteiger partial charge on any atom is 0.239 e. The van der Waals surface area contributed by atoms with Gasteiger partial charge in [0.25, 0.3) is 0 Å². The highest BCUT2D eigenvalue weighted by atomic mass is 35.5. The monoisotopic (exact) mass is 263 g/mol. The van der Waals surface area contributed by atoms with Gasteiger partial charge in [-0.1, -0.05) is 0 Å². The van der Waals surface area contributed by atoms with Crippen LogP contribution in [0.1, 0.15) is 27.2 Å². The van der Waals surface area contributed by atoms with Crippen LogP contribution in [0.25, 0.3) is 0 Å². The van der Waals surface area contributed by atoms with Gasteiger partial charge in [0, 0.05) is 32.7 Å². The summed E-state index contributed by atoms with van der Waals surface area (Å²) in [4.78, 5) is 16.4. The highest BCUT2D eigenvalue weighted by Gasteiger charge is 2.24. The van der Waals surface area contributed by atoms with Crippen molar-refractivity contribution in [2.75, 3.05) is 39.3 Å². The Morgan fingerprint density at radius 1 is 1.29 bits per heavy atom. The maximum absolute atomic E-state index is 12.2. The molecule has 0 spiro atoms. The van der Waals surface area contributed by atoms with Gasteiger partial charge in [-0.15, -0.1) is 12.4 Å². The van der Waals surface area contributed by atoms with Crippen molar-refractivity contribution in [3.8, 4) is 0 Å². The lowest BCUT2D eigenvalue weighted by molar-refractivity contribution is -0.136. The summed E-state index contributed by atoms with van der Waals surface area (Å²) in [6.07, 6.45) is 1.13. The molecule has 1 fully saturated rings. The van der Waals surface area contributed by atoms with Crippen molar-refractivity contribution in [2.45, 2.75) is 33.2 Å². The Kier molecular flexibility index (Phi) is 8.56. The first-order valence-electron chi connectivity index (χ1n) is 6.44. The summed E-state index contributed by atoms with van der Waals surface area (Å²) in [5.41, 5.74) is 0. The van der Waals surface area contributed by atoms with Crippen molar-refractivity contribution in [1.29, 1.82) is 0 Å². The van der Waals surface area contributed by atoms with Gasteiger partial charge in [0.15, 0.2) is 0 Å². The van der Waals surface area contributed by atoms with Crippen LogP contribution in [0.3, 0.4) is 0 Å². The normalized spacial score (nSPS) is 19.0. The summed E-state index contributed by atoms with van der Waals surface area (Å²) in [5.74, 6) is 0.270. The third-order valence-electron chi connectivity index (χ3n) is 3.35. The van der Waals surface area contributed by atoms with Crippen LogP contribution >= 0.6 is 12.4 Å². The molecule has 1 amide bonds. The van der Waals surface area contributed by atoms with Gasteiger partial charge in [-0.05, 0) is 33.7 Å². The van der Waals surface area contributed by atoms with Crippen molar-refractivity contribution >= 4 is 18.3 Å². The molecule has 1 heterocycles. The number of hydrogen-bond acceptors (Lipinski definition) is 3. The average Bonchev–Trinajstić information content (AvgIpc) is 2.58. The van der Waals surface area contributed by atoms with Crippen molar-refractivity contribution in [1.82, 2.24) is 15.1 Å². The molecule has 17 heavy (non-hydrogen) atoms. The zero-order valence-corrected chi connectivity index (χ0v) is 12.1. The third-order valence-corrected chi connectivity index (χ3v) is 3.35. The fourth-order valence-corrected chi connectivity index (χ4v) is 2.21. The molecule has 1 unspecified atom stereocenters. The van der Waals surface area contributed by atoms with E-state index in [0.29, 0.717) is 0 Å². The van der Waals surface area contributed by atoms with Crippen LogP contribution in [0, 0.1) is 0 Å². The van der Waals surface area contributed by atoms with Gasteiger partial charge in [-0.3, -0.25) is 9.69 Å². The molecule has 0 aromatic rings. The predicted molar refractivity (Wildman–Crippen MR) is 73.7 cm³/mol. The first-order chi connectivity index (χ1) is 7.70. The van der Waals surface area contributed by atoms with E-state index < -0.39 is 0 Å². The fraction of sp³-hybridized carbons (Fsp3) is 0.917. The van der Waals surface area contributed by atoms with E-state index in [2.05, 4.69) is 10.2 Å². The Labute approximate surface area is 111 Å². The molecule has 102 valence electrons. The number of amides is 1. The van der Waals surface area contributed by atoms with Crippen LogP contribution in [0.15, 0.2) is 0 Å². The molecule has 1 atom stereocenters. The number of halogens is 1. The number of rotatable bonds is 4. The number of nitrogens with one attached hydrogen (secondary N) is 1. The largest absolute Gasteiger partial charge is 0.342 e. The second-order valence-electron chi connectivity index (χ2n) is 4.33. The molecule has 5 heteroatoms. The number of likely N-dealkylation sites (N-methyl/N-ethyl adjacent to an activating group) is 1. The summed E-state index contributed by atoms with van der Waals surface area (Å²) in [6, 6.07) is 0.0276. The fourth-order valence-electron chi connectivity index (χ4n) is 2.21. The lowest BCUT2D eigenvalue weighted by atomic mass is 10.2. The summed E-state index contributed by atoms with van der Waals surface area (Å²) >= 11 is 0.